The van der Waals surface area contributed by atoms with Gasteiger partial charge in [-0.15, -0.1) is 0 Å². The Kier molecular flexibility index (Phi) is 6.39. The topological polar surface area (TPSA) is 60.4 Å². The summed E-state index contributed by atoms with van der Waals surface area (Å²) < 4.78 is 8.14. The van der Waals surface area contributed by atoms with Gasteiger partial charge in [-0.1, -0.05) is 53.0 Å². The summed E-state index contributed by atoms with van der Waals surface area (Å²) in [5.41, 5.74) is 2.34. The fourth-order valence-electron chi connectivity index (χ4n) is 3.37. The summed E-state index contributed by atoms with van der Waals surface area (Å²) in [7, 11) is 0. The third kappa shape index (κ3) is 4.50. The lowest BCUT2D eigenvalue weighted by Gasteiger charge is -2.09. The molecule has 7 heteroatoms. The number of benzene rings is 2. The van der Waals surface area contributed by atoms with Gasteiger partial charge in [0.15, 0.2) is 0 Å². The van der Waals surface area contributed by atoms with Crippen LogP contribution in [0, 0.1) is 6.92 Å². The zero-order valence-electron chi connectivity index (χ0n) is 17.2. The number of hydrogen-bond acceptors (Lipinski definition) is 4. The summed E-state index contributed by atoms with van der Waals surface area (Å²) >= 11 is 9.65. The van der Waals surface area contributed by atoms with E-state index in [4.69, 9.17) is 16.0 Å². The van der Waals surface area contributed by atoms with Crippen LogP contribution in [0.15, 0.2) is 67.3 Å². The first-order valence-electron chi connectivity index (χ1n) is 10.1. The van der Waals surface area contributed by atoms with Crippen LogP contribution in [-0.2, 0) is 6.42 Å². The van der Waals surface area contributed by atoms with E-state index in [-0.39, 0.29) is 5.56 Å². The van der Waals surface area contributed by atoms with E-state index >= 15 is 0 Å². The Balaban J connectivity index is 1.74. The van der Waals surface area contributed by atoms with Gasteiger partial charge >= 0.3 is 0 Å². The summed E-state index contributed by atoms with van der Waals surface area (Å²) in [5, 5.41) is 5.64. The molecule has 0 bridgehead atoms. The van der Waals surface area contributed by atoms with Gasteiger partial charge in [0.25, 0.3) is 5.56 Å². The molecule has 4 aromatic rings. The van der Waals surface area contributed by atoms with Crippen molar-refractivity contribution in [2.45, 2.75) is 33.1 Å². The van der Waals surface area contributed by atoms with Crippen LogP contribution in [0.2, 0.25) is 5.02 Å². The minimum atomic E-state index is -0.203. The normalized spacial score (nSPS) is 11.6. The maximum Gasteiger partial charge on any atom is 0.282 e. The number of hydrogen-bond donors (Lipinski definition) is 0. The molecule has 2 aromatic heterocycles. The second-order valence-corrected chi connectivity index (χ2v) is 8.59. The second kappa shape index (κ2) is 9.20. The van der Waals surface area contributed by atoms with Crippen LogP contribution in [0.5, 0.6) is 0 Å². The first-order valence-corrected chi connectivity index (χ1v) is 11.3. The van der Waals surface area contributed by atoms with Crippen LogP contribution in [-0.4, -0.2) is 15.9 Å². The molecule has 2 aromatic carbocycles. The highest BCUT2D eigenvalue weighted by molar-refractivity contribution is 9.10. The van der Waals surface area contributed by atoms with Gasteiger partial charge < -0.3 is 4.42 Å². The molecule has 0 saturated heterocycles. The van der Waals surface area contributed by atoms with Gasteiger partial charge in [0.2, 0.25) is 0 Å². The van der Waals surface area contributed by atoms with E-state index in [0.717, 1.165) is 28.4 Å². The molecule has 158 valence electrons. The van der Waals surface area contributed by atoms with Crippen molar-refractivity contribution in [2.75, 3.05) is 0 Å². The van der Waals surface area contributed by atoms with E-state index in [0.29, 0.717) is 39.7 Å². The first-order chi connectivity index (χ1) is 15.0. The van der Waals surface area contributed by atoms with Crippen molar-refractivity contribution in [1.82, 2.24) is 9.66 Å². The van der Waals surface area contributed by atoms with Crippen molar-refractivity contribution in [2.24, 2.45) is 5.10 Å². The van der Waals surface area contributed by atoms with Gasteiger partial charge in [-0.3, -0.25) is 4.79 Å². The molecular formula is C24H21BrClN3O2. The average Bonchev–Trinajstić information content (AvgIpc) is 3.23. The maximum atomic E-state index is 13.1. The molecule has 0 aliphatic heterocycles. The molecule has 0 radical (unpaired) electrons. The van der Waals surface area contributed by atoms with Crippen molar-refractivity contribution in [1.29, 1.82) is 0 Å². The van der Waals surface area contributed by atoms with E-state index in [9.17, 15) is 4.79 Å². The fourth-order valence-corrected chi connectivity index (χ4v) is 3.90. The van der Waals surface area contributed by atoms with Crippen LogP contribution >= 0.6 is 27.5 Å². The second-order valence-electron chi connectivity index (χ2n) is 7.27. The Morgan fingerprint density at radius 3 is 2.87 bits per heavy atom. The molecule has 0 saturated carbocycles. The number of aryl methyl sites for hydroxylation is 1. The minimum Gasteiger partial charge on any atom is -0.455 e. The Morgan fingerprint density at radius 1 is 1.23 bits per heavy atom. The highest BCUT2D eigenvalue weighted by Gasteiger charge is 2.12. The Bertz CT molecular complexity index is 1340. The van der Waals surface area contributed by atoms with Gasteiger partial charge in [0.1, 0.15) is 17.3 Å². The largest absolute Gasteiger partial charge is 0.455 e. The number of fused-ring (bicyclic) bond motifs is 1. The molecule has 5 nitrogen and oxygen atoms in total. The van der Waals surface area contributed by atoms with Crippen LogP contribution in [0.1, 0.15) is 36.9 Å². The van der Waals surface area contributed by atoms with Crippen molar-refractivity contribution in [3.63, 3.8) is 0 Å². The Labute approximate surface area is 193 Å². The molecule has 4 rings (SSSR count). The van der Waals surface area contributed by atoms with Crippen LogP contribution in [0.4, 0.5) is 0 Å². The predicted octanol–water partition coefficient (Wildman–Crippen LogP) is 6.61. The lowest BCUT2D eigenvalue weighted by Crippen LogP contribution is -2.22. The lowest BCUT2D eigenvalue weighted by atomic mass is 10.1. The summed E-state index contributed by atoms with van der Waals surface area (Å²) in [6.45, 7) is 4.05. The molecular weight excluding hydrogens is 478 g/mol. The molecule has 0 fully saturated rings. The van der Waals surface area contributed by atoms with Crippen LogP contribution in [0.3, 0.4) is 0 Å². The average molecular weight is 499 g/mol. The lowest BCUT2D eigenvalue weighted by molar-refractivity contribution is 0.573. The first kappa shape index (κ1) is 21.5. The van der Waals surface area contributed by atoms with Crippen LogP contribution in [0.25, 0.3) is 22.2 Å². The van der Waals surface area contributed by atoms with Gasteiger partial charge in [0, 0.05) is 21.5 Å². The SMILES string of the molecule is CCCCc1nc2ccc(Br)cc2c(=O)n1N=Cc1ccc(-c2cccc(Cl)c2C)o1. The quantitative estimate of drug-likeness (QED) is 0.281. The van der Waals surface area contributed by atoms with E-state index in [1.807, 2.05) is 49.4 Å². The van der Waals surface area contributed by atoms with Gasteiger partial charge in [-0.05, 0) is 55.3 Å². The monoisotopic (exact) mass is 497 g/mol. The molecule has 0 aliphatic carbocycles. The highest BCUT2D eigenvalue weighted by Crippen LogP contribution is 2.29. The maximum absolute atomic E-state index is 13.1. The number of rotatable bonds is 6. The number of furan rings is 1. The van der Waals surface area contributed by atoms with E-state index in [1.165, 1.54) is 4.68 Å². The standard InChI is InChI=1S/C24H21BrClN3O2/c1-3-4-8-23-28-21-11-9-16(25)13-19(21)24(30)29(23)27-14-17-10-12-22(31-17)18-6-5-7-20(26)15(18)2/h5-7,9-14H,3-4,8H2,1-2H3. The molecule has 31 heavy (non-hydrogen) atoms. The molecule has 2 heterocycles. The smallest absolute Gasteiger partial charge is 0.282 e. The van der Waals surface area contributed by atoms with Gasteiger partial charge in [-0.2, -0.15) is 9.78 Å². The minimum absolute atomic E-state index is 0.203. The molecule has 0 spiro atoms. The molecule has 0 aliphatic rings. The number of nitrogens with zero attached hydrogens (tertiary/aromatic N) is 3. The van der Waals surface area contributed by atoms with E-state index < -0.39 is 0 Å². The fraction of sp³-hybridized carbons (Fsp3) is 0.208. The zero-order valence-corrected chi connectivity index (χ0v) is 19.6. The summed E-state index contributed by atoms with van der Waals surface area (Å²) in [6, 6.07) is 14.9. The Morgan fingerprint density at radius 2 is 2.06 bits per heavy atom. The number of aromatic nitrogens is 2. The Hall–Kier alpha value is -2.70. The molecule has 0 N–H and O–H groups in total. The number of unbranched alkanes of at least 4 members (excludes halogenated alkanes) is 1. The van der Waals surface area contributed by atoms with E-state index in [2.05, 4.69) is 32.9 Å². The highest BCUT2D eigenvalue weighted by atomic mass is 79.9. The molecule has 0 amide bonds. The zero-order chi connectivity index (χ0) is 22.0. The summed E-state index contributed by atoms with van der Waals surface area (Å²) in [5.74, 6) is 1.87. The van der Waals surface area contributed by atoms with E-state index in [1.54, 1.807) is 12.3 Å². The molecule has 0 unspecified atom stereocenters. The summed E-state index contributed by atoms with van der Waals surface area (Å²) in [4.78, 5) is 17.8. The predicted molar refractivity (Wildman–Crippen MR) is 129 cm³/mol. The van der Waals surface area contributed by atoms with Gasteiger partial charge in [0.05, 0.1) is 17.1 Å². The van der Waals surface area contributed by atoms with Crippen molar-refractivity contribution in [3.8, 4) is 11.3 Å². The van der Waals surface area contributed by atoms with Crippen molar-refractivity contribution >= 4 is 44.6 Å². The van der Waals surface area contributed by atoms with Crippen molar-refractivity contribution in [3.05, 3.63) is 85.5 Å². The summed E-state index contributed by atoms with van der Waals surface area (Å²) in [6.07, 6.45) is 4.13. The van der Waals surface area contributed by atoms with Gasteiger partial charge in [-0.25, -0.2) is 4.98 Å². The van der Waals surface area contributed by atoms with Crippen LogP contribution < -0.4 is 5.56 Å². The third-order valence-electron chi connectivity index (χ3n) is 5.09. The third-order valence-corrected chi connectivity index (χ3v) is 5.99. The van der Waals surface area contributed by atoms with Crippen molar-refractivity contribution < 1.29 is 4.42 Å². The number of halogens is 2. The molecule has 0 atom stereocenters.